The Balaban J connectivity index is 1.80. The molecule has 1 aliphatic heterocycles. The molecule has 156 valence electrons. The van der Waals surface area contributed by atoms with Gasteiger partial charge in [-0.05, 0) is 32.0 Å². The van der Waals surface area contributed by atoms with Gasteiger partial charge in [-0.2, -0.15) is 0 Å². The molecular formula is C19H16ClFN4O5. The van der Waals surface area contributed by atoms with E-state index in [0.717, 1.165) is 12.1 Å². The van der Waals surface area contributed by atoms with Gasteiger partial charge >= 0.3 is 6.03 Å². The Bertz CT molecular complexity index is 1090. The second-order valence-corrected chi connectivity index (χ2v) is 7.23. The van der Waals surface area contributed by atoms with E-state index in [0.29, 0.717) is 4.90 Å². The number of carbonyl (C=O) groups excluding carboxylic acids is 3. The second-order valence-electron chi connectivity index (χ2n) is 6.83. The highest BCUT2D eigenvalue weighted by atomic mass is 35.5. The first-order chi connectivity index (χ1) is 14.0. The average molecular weight is 435 g/mol. The summed E-state index contributed by atoms with van der Waals surface area (Å²) in [5, 5.41) is 15.9. The Hall–Kier alpha value is -3.53. The number of carbonyl (C=O) groups is 3. The maximum absolute atomic E-state index is 13.3. The molecule has 1 atom stereocenters. The number of amides is 4. The number of hydrogen-bond donors (Lipinski definition) is 2. The molecule has 0 aromatic heterocycles. The van der Waals surface area contributed by atoms with Crippen molar-refractivity contribution < 1.29 is 23.7 Å². The number of nitro benzene ring substituents is 1. The van der Waals surface area contributed by atoms with Crippen molar-refractivity contribution in [1.29, 1.82) is 0 Å². The van der Waals surface area contributed by atoms with Crippen molar-refractivity contribution in [2.24, 2.45) is 0 Å². The summed E-state index contributed by atoms with van der Waals surface area (Å²) < 4.78 is 13.3. The van der Waals surface area contributed by atoms with Crippen molar-refractivity contribution >= 4 is 40.8 Å². The van der Waals surface area contributed by atoms with Crippen LogP contribution >= 0.6 is 11.6 Å². The number of nitrogens with zero attached hydrogens (tertiary/aromatic N) is 2. The summed E-state index contributed by atoms with van der Waals surface area (Å²) in [6.45, 7) is 2.24. The van der Waals surface area contributed by atoms with Crippen molar-refractivity contribution in [2.75, 3.05) is 11.9 Å². The van der Waals surface area contributed by atoms with Crippen molar-refractivity contribution in [3.8, 4) is 0 Å². The van der Waals surface area contributed by atoms with Crippen LogP contribution in [0.4, 0.5) is 20.6 Å². The summed E-state index contributed by atoms with van der Waals surface area (Å²) in [5.41, 5.74) is -1.16. The SMILES string of the molecule is Cc1c(NC(=O)CN2C(=O)NC(C)(c3ccc(F)cc3Cl)C2=O)cccc1[N+](=O)[O-]. The average Bonchev–Trinajstić information content (AvgIpc) is 2.87. The maximum Gasteiger partial charge on any atom is 0.325 e. The fourth-order valence-corrected chi connectivity index (χ4v) is 3.56. The van der Waals surface area contributed by atoms with E-state index in [1.165, 1.54) is 38.1 Å². The van der Waals surface area contributed by atoms with Crippen LogP contribution in [0.2, 0.25) is 5.02 Å². The molecule has 4 amide bonds. The van der Waals surface area contributed by atoms with E-state index < -0.39 is 40.7 Å². The molecule has 0 bridgehead atoms. The molecule has 1 saturated heterocycles. The van der Waals surface area contributed by atoms with Gasteiger partial charge in [-0.15, -0.1) is 0 Å². The predicted molar refractivity (Wildman–Crippen MR) is 105 cm³/mol. The van der Waals surface area contributed by atoms with Crippen LogP contribution in [0.1, 0.15) is 18.1 Å². The number of anilines is 1. The molecule has 1 heterocycles. The largest absolute Gasteiger partial charge is 0.325 e. The minimum atomic E-state index is -1.58. The van der Waals surface area contributed by atoms with Crippen LogP contribution in [-0.4, -0.2) is 34.2 Å². The molecule has 1 aliphatic rings. The van der Waals surface area contributed by atoms with Crippen molar-refractivity contribution in [2.45, 2.75) is 19.4 Å². The molecule has 0 radical (unpaired) electrons. The molecule has 2 aromatic rings. The fourth-order valence-electron chi connectivity index (χ4n) is 3.21. The van der Waals surface area contributed by atoms with E-state index in [2.05, 4.69) is 10.6 Å². The molecule has 2 aromatic carbocycles. The summed E-state index contributed by atoms with van der Waals surface area (Å²) in [5.74, 6) is -2.07. The smallest absolute Gasteiger partial charge is 0.324 e. The minimum absolute atomic E-state index is 0.0512. The molecule has 2 N–H and O–H groups in total. The zero-order valence-corrected chi connectivity index (χ0v) is 16.6. The van der Waals surface area contributed by atoms with Gasteiger partial charge in [-0.25, -0.2) is 9.18 Å². The molecule has 30 heavy (non-hydrogen) atoms. The first kappa shape index (κ1) is 21.2. The Labute approximate surface area is 175 Å². The van der Waals surface area contributed by atoms with Crippen LogP contribution in [0.3, 0.4) is 0 Å². The zero-order chi connectivity index (χ0) is 22.2. The summed E-state index contributed by atoms with van der Waals surface area (Å²) in [6, 6.07) is 6.74. The molecule has 3 rings (SSSR count). The number of benzene rings is 2. The molecule has 1 fully saturated rings. The van der Waals surface area contributed by atoms with E-state index >= 15 is 0 Å². The van der Waals surface area contributed by atoms with E-state index in [1.807, 2.05) is 0 Å². The van der Waals surface area contributed by atoms with Gasteiger partial charge in [0.2, 0.25) is 5.91 Å². The lowest BCUT2D eigenvalue weighted by atomic mass is 9.92. The third-order valence-corrected chi connectivity index (χ3v) is 5.14. The van der Waals surface area contributed by atoms with Gasteiger partial charge in [0.15, 0.2) is 0 Å². The monoisotopic (exact) mass is 434 g/mol. The maximum atomic E-state index is 13.3. The highest BCUT2D eigenvalue weighted by molar-refractivity contribution is 6.32. The Kier molecular flexibility index (Phi) is 5.45. The number of urea groups is 1. The third kappa shape index (κ3) is 3.69. The van der Waals surface area contributed by atoms with Gasteiger partial charge in [0.25, 0.3) is 11.6 Å². The lowest BCUT2D eigenvalue weighted by Gasteiger charge is -2.23. The van der Waals surface area contributed by atoms with E-state index in [-0.39, 0.29) is 27.5 Å². The lowest BCUT2D eigenvalue weighted by molar-refractivity contribution is -0.385. The number of rotatable bonds is 5. The Morgan fingerprint density at radius 3 is 2.67 bits per heavy atom. The predicted octanol–water partition coefficient (Wildman–Crippen LogP) is 3.10. The number of hydrogen-bond acceptors (Lipinski definition) is 5. The highest BCUT2D eigenvalue weighted by Gasteiger charge is 2.50. The second kappa shape index (κ2) is 7.71. The quantitative estimate of drug-likeness (QED) is 0.425. The molecule has 1 unspecified atom stereocenters. The number of halogens is 2. The third-order valence-electron chi connectivity index (χ3n) is 4.82. The van der Waals surface area contributed by atoms with Gasteiger partial charge < -0.3 is 10.6 Å². The summed E-state index contributed by atoms with van der Waals surface area (Å²) in [6.07, 6.45) is 0. The molecule has 9 nitrogen and oxygen atoms in total. The zero-order valence-electron chi connectivity index (χ0n) is 15.9. The highest BCUT2D eigenvalue weighted by Crippen LogP contribution is 2.34. The van der Waals surface area contributed by atoms with Crippen molar-refractivity contribution in [1.82, 2.24) is 10.2 Å². The van der Waals surface area contributed by atoms with Crippen molar-refractivity contribution in [3.63, 3.8) is 0 Å². The van der Waals surface area contributed by atoms with Gasteiger partial charge in [-0.1, -0.05) is 23.7 Å². The first-order valence-corrected chi connectivity index (χ1v) is 9.06. The van der Waals surface area contributed by atoms with E-state index in [9.17, 15) is 28.9 Å². The molecule has 0 saturated carbocycles. The topological polar surface area (TPSA) is 122 Å². The van der Waals surface area contributed by atoms with Gasteiger partial charge in [0.1, 0.15) is 17.9 Å². The minimum Gasteiger partial charge on any atom is -0.324 e. The van der Waals surface area contributed by atoms with Crippen molar-refractivity contribution in [3.05, 3.63) is 68.5 Å². The van der Waals surface area contributed by atoms with Crippen LogP contribution in [0.5, 0.6) is 0 Å². The molecule has 11 heteroatoms. The standard InChI is InChI=1S/C19H16ClFN4O5/c1-10-14(4-3-5-15(10)25(29)30)22-16(26)9-24-17(27)19(2,23-18(24)28)12-7-6-11(21)8-13(12)20/h3-8H,9H2,1-2H3,(H,22,26)(H,23,28). The summed E-state index contributed by atoms with van der Waals surface area (Å²) >= 11 is 6.03. The lowest BCUT2D eigenvalue weighted by Crippen LogP contribution is -2.42. The molecule has 0 aliphatic carbocycles. The van der Waals surface area contributed by atoms with Gasteiger partial charge in [0, 0.05) is 16.7 Å². The Morgan fingerprint density at radius 1 is 1.33 bits per heavy atom. The summed E-state index contributed by atoms with van der Waals surface area (Å²) in [4.78, 5) is 48.8. The first-order valence-electron chi connectivity index (χ1n) is 8.68. The van der Waals surface area contributed by atoms with Crippen LogP contribution in [0.25, 0.3) is 0 Å². The van der Waals surface area contributed by atoms with Crippen LogP contribution in [0.15, 0.2) is 36.4 Å². The summed E-state index contributed by atoms with van der Waals surface area (Å²) in [7, 11) is 0. The Morgan fingerprint density at radius 2 is 2.03 bits per heavy atom. The van der Waals surface area contributed by atoms with Gasteiger partial charge in [0.05, 0.1) is 16.2 Å². The van der Waals surface area contributed by atoms with Crippen LogP contribution in [-0.2, 0) is 15.1 Å². The number of nitrogens with one attached hydrogen (secondary N) is 2. The van der Waals surface area contributed by atoms with E-state index in [1.54, 1.807) is 0 Å². The molecule has 0 spiro atoms. The normalized spacial score (nSPS) is 18.3. The number of nitro groups is 1. The number of imide groups is 1. The van der Waals surface area contributed by atoms with Gasteiger partial charge in [-0.3, -0.25) is 24.6 Å². The molecular weight excluding hydrogens is 419 g/mol. The van der Waals surface area contributed by atoms with E-state index in [4.69, 9.17) is 11.6 Å². The van der Waals surface area contributed by atoms with Crippen LogP contribution < -0.4 is 10.6 Å². The fraction of sp³-hybridized carbons (Fsp3) is 0.211. The van der Waals surface area contributed by atoms with Crippen LogP contribution in [0, 0.1) is 22.9 Å².